The van der Waals surface area contributed by atoms with Crippen molar-refractivity contribution >= 4 is 32.6 Å². The summed E-state index contributed by atoms with van der Waals surface area (Å²) in [5, 5.41) is 13.6. The van der Waals surface area contributed by atoms with Gasteiger partial charge in [-0.15, -0.1) is 11.6 Å². The van der Waals surface area contributed by atoms with E-state index in [0.717, 1.165) is 93.3 Å². The third kappa shape index (κ3) is 9.02. The summed E-state index contributed by atoms with van der Waals surface area (Å²) in [4.78, 5) is 16.1. The van der Waals surface area contributed by atoms with E-state index in [1.807, 2.05) is 18.3 Å². The molecule has 0 atom stereocenters. The van der Waals surface area contributed by atoms with Crippen molar-refractivity contribution in [1.29, 1.82) is 0 Å². The molecule has 10 aromatic rings. The summed E-state index contributed by atoms with van der Waals surface area (Å²) >= 11 is 1.72. The smallest absolute Gasteiger partial charge is 0.148 e. The van der Waals surface area contributed by atoms with Gasteiger partial charge in [0.2, 0.25) is 0 Å². The van der Waals surface area contributed by atoms with Gasteiger partial charge in [-0.1, -0.05) is 207 Å². The average Bonchev–Trinajstić information content (AvgIpc) is 3.94. The minimum Gasteiger partial charge on any atom is -0.507 e. The van der Waals surface area contributed by atoms with E-state index in [9.17, 15) is 5.11 Å². The molecule has 0 unspecified atom stereocenters. The van der Waals surface area contributed by atoms with Crippen molar-refractivity contribution in [1.82, 2.24) is 19.5 Å². The second-order valence-corrected chi connectivity index (χ2v) is 22.1. The molecule has 0 saturated carbocycles. The number of aryl methyl sites for hydroxylation is 1. The van der Waals surface area contributed by atoms with Crippen molar-refractivity contribution in [2.45, 2.75) is 85.5 Å². The van der Waals surface area contributed by atoms with E-state index in [1.165, 1.54) is 11.1 Å². The molecule has 348 valence electrons. The molecule has 0 radical (unpaired) electrons. The number of para-hydroxylation sites is 2. The van der Waals surface area contributed by atoms with Crippen LogP contribution in [0.3, 0.4) is 0 Å². The van der Waals surface area contributed by atoms with Crippen molar-refractivity contribution in [2.24, 2.45) is 0 Å². The molecule has 3 aromatic heterocycles. The molecule has 0 fully saturated rings. The zero-order valence-electron chi connectivity index (χ0n) is 41.0. The minimum absolute atomic E-state index is 0. The standard InChI is InChI=1S/C62H57N4OS.Pt/c1-38-37-63-51(36-47(38)42-30-28-40(29-31-42)39-20-13-11-14-21-39)48-32-43(33-52-57(48)68-59(64-52)62(8,9)10)46-25-19-27-54-55(46)65-58(49-34-44(60(2,3)4)35-50(56(49)67)61(5,6)7)66(54)53-26-18-17-24-45(53)41-22-15-12-16-23-41;/h11-31,33-37,67H,1-10H3;/q-1;. The molecule has 69 heavy (non-hydrogen) atoms. The number of aromatic nitrogens is 4. The first-order valence-corrected chi connectivity index (χ1v) is 24.3. The average molecular weight is 1100 g/mol. The number of phenolic OH excluding ortho intramolecular Hbond substituents is 1. The fourth-order valence-corrected chi connectivity index (χ4v) is 10.3. The molecule has 1 N–H and O–H groups in total. The molecule has 10 rings (SSSR count). The molecule has 0 amide bonds. The van der Waals surface area contributed by atoms with E-state index in [0.29, 0.717) is 11.4 Å². The Bertz CT molecular complexity index is 3510. The largest absolute Gasteiger partial charge is 0.507 e. The van der Waals surface area contributed by atoms with Crippen molar-refractivity contribution in [3.63, 3.8) is 0 Å². The number of phenols is 1. The summed E-state index contributed by atoms with van der Waals surface area (Å²) in [5.74, 6) is 0.905. The second kappa shape index (κ2) is 18.1. The maximum Gasteiger partial charge on any atom is 0.148 e. The Morgan fingerprint density at radius 3 is 1.84 bits per heavy atom. The Hall–Kier alpha value is -6.46. The predicted octanol–water partition coefficient (Wildman–Crippen LogP) is 16.7. The number of benzene rings is 7. The maximum atomic E-state index is 12.5. The molecule has 3 heterocycles. The van der Waals surface area contributed by atoms with Crippen LogP contribution in [0.5, 0.6) is 5.75 Å². The molecule has 0 saturated heterocycles. The summed E-state index contributed by atoms with van der Waals surface area (Å²) in [7, 11) is 0. The first kappa shape index (κ1) is 47.6. The van der Waals surface area contributed by atoms with Gasteiger partial charge in [-0.2, -0.15) is 11.3 Å². The Morgan fingerprint density at radius 2 is 1.17 bits per heavy atom. The SMILES string of the molecule is Cc1cnc(-c2[c-]c(-c3cccc4c3nc(-c3cc(C(C)(C)C)cc(C(C)(C)C)c3O)n4-c3ccccc3-c3ccccc3)cc3nc(C(C)(C)C)sc23)cc1-c1ccc(-c2ccccc2)cc1.[Pt]. The van der Waals surface area contributed by atoms with E-state index >= 15 is 0 Å². The Labute approximate surface area is 425 Å². The molecule has 5 nitrogen and oxygen atoms in total. The third-order valence-corrected chi connectivity index (χ3v) is 14.5. The number of imidazole rings is 1. The first-order valence-electron chi connectivity index (χ1n) is 23.5. The van der Waals surface area contributed by atoms with Gasteiger partial charge in [0.25, 0.3) is 0 Å². The van der Waals surface area contributed by atoms with Gasteiger partial charge in [0.15, 0.2) is 0 Å². The van der Waals surface area contributed by atoms with E-state index in [2.05, 4.69) is 219 Å². The van der Waals surface area contributed by atoms with Crippen LogP contribution < -0.4 is 0 Å². The number of thiazole rings is 1. The van der Waals surface area contributed by atoms with Gasteiger partial charge in [-0.05, 0) is 79.6 Å². The molecule has 0 spiro atoms. The van der Waals surface area contributed by atoms with Crippen LogP contribution >= 0.6 is 11.3 Å². The molecule has 0 aliphatic rings. The number of nitrogens with zero attached hydrogens (tertiary/aromatic N) is 4. The zero-order chi connectivity index (χ0) is 47.7. The van der Waals surface area contributed by atoms with Gasteiger partial charge in [0.05, 0.1) is 27.3 Å². The summed E-state index contributed by atoms with van der Waals surface area (Å²) in [6.45, 7) is 21.9. The quantitative estimate of drug-likeness (QED) is 0.162. The van der Waals surface area contributed by atoms with Crippen LogP contribution in [-0.2, 0) is 37.3 Å². The Morgan fingerprint density at radius 1 is 0.565 bits per heavy atom. The van der Waals surface area contributed by atoms with Gasteiger partial charge >= 0.3 is 0 Å². The van der Waals surface area contributed by atoms with Crippen LogP contribution in [0.1, 0.15) is 84.0 Å². The predicted molar refractivity (Wildman–Crippen MR) is 286 cm³/mol. The van der Waals surface area contributed by atoms with Crippen LogP contribution in [0.25, 0.3) is 94.1 Å². The molecule has 0 aliphatic heterocycles. The van der Waals surface area contributed by atoms with Crippen LogP contribution in [0.2, 0.25) is 0 Å². The van der Waals surface area contributed by atoms with Crippen molar-refractivity contribution < 1.29 is 26.2 Å². The number of hydrogen-bond acceptors (Lipinski definition) is 5. The summed E-state index contributed by atoms with van der Waals surface area (Å²) in [6.07, 6.45) is 1.98. The van der Waals surface area contributed by atoms with Gasteiger partial charge in [-0.3, -0.25) is 14.5 Å². The molecule has 0 bridgehead atoms. The van der Waals surface area contributed by atoms with Crippen LogP contribution in [-0.4, -0.2) is 24.6 Å². The fourth-order valence-electron chi connectivity index (χ4n) is 9.14. The van der Waals surface area contributed by atoms with Crippen molar-refractivity contribution in [3.05, 3.63) is 186 Å². The number of fused-ring (bicyclic) bond motifs is 2. The van der Waals surface area contributed by atoms with E-state index in [1.54, 1.807) is 11.3 Å². The zero-order valence-corrected chi connectivity index (χ0v) is 44.1. The summed E-state index contributed by atoms with van der Waals surface area (Å²) in [6, 6.07) is 57.3. The summed E-state index contributed by atoms with van der Waals surface area (Å²) in [5.41, 5.74) is 17.0. The molecule has 0 aliphatic carbocycles. The Kier molecular flexibility index (Phi) is 12.5. The van der Waals surface area contributed by atoms with Crippen LogP contribution in [0.4, 0.5) is 0 Å². The number of hydrogen-bond donors (Lipinski definition) is 1. The van der Waals surface area contributed by atoms with Crippen molar-refractivity contribution in [3.8, 4) is 78.6 Å². The first-order chi connectivity index (χ1) is 32.4. The Balaban J connectivity index is 0.00000593. The second-order valence-electron chi connectivity index (χ2n) is 21.1. The molecular weight excluding hydrogens is 1040 g/mol. The summed E-state index contributed by atoms with van der Waals surface area (Å²) < 4.78 is 3.29. The fraction of sp³-hybridized carbons (Fsp3) is 0.210. The topological polar surface area (TPSA) is 63.8 Å². The number of rotatable bonds is 7. The monoisotopic (exact) mass is 1100 g/mol. The van der Waals surface area contributed by atoms with Crippen LogP contribution in [0, 0.1) is 13.0 Å². The van der Waals surface area contributed by atoms with Gasteiger partial charge in [0, 0.05) is 55.0 Å². The van der Waals surface area contributed by atoms with Crippen molar-refractivity contribution in [2.75, 3.05) is 0 Å². The third-order valence-electron chi connectivity index (χ3n) is 13.0. The van der Waals surface area contributed by atoms with E-state index in [4.69, 9.17) is 15.0 Å². The number of aromatic hydroxyl groups is 1. The maximum absolute atomic E-state index is 12.5. The van der Waals surface area contributed by atoms with Gasteiger partial charge < -0.3 is 5.11 Å². The van der Waals surface area contributed by atoms with Crippen LogP contribution in [0.15, 0.2) is 158 Å². The van der Waals surface area contributed by atoms with Gasteiger partial charge in [0.1, 0.15) is 11.6 Å². The normalized spacial score (nSPS) is 12.1. The van der Waals surface area contributed by atoms with E-state index in [-0.39, 0.29) is 43.1 Å². The molecular formula is C62H57N4OPtS-. The molecule has 7 aromatic carbocycles. The number of pyridine rings is 1. The minimum atomic E-state index is -0.334. The molecule has 7 heteroatoms. The van der Waals surface area contributed by atoms with E-state index < -0.39 is 0 Å². The van der Waals surface area contributed by atoms with Gasteiger partial charge in [-0.25, -0.2) is 4.98 Å².